The van der Waals surface area contributed by atoms with E-state index < -0.39 is 11.7 Å². The Morgan fingerprint density at radius 2 is 2.04 bits per heavy atom. The van der Waals surface area contributed by atoms with E-state index in [1.54, 1.807) is 0 Å². The van der Waals surface area contributed by atoms with Crippen molar-refractivity contribution in [3.8, 4) is 0 Å². The summed E-state index contributed by atoms with van der Waals surface area (Å²) in [5, 5.41) is 13.2. The first kappa shape index (κ1) is 19.4. The van der Waals surface area contributed by atoms with Crippen LogP contribution < -0.4 is 10.6 Å². The maximum Gasteiger partial charge on any atom is 0.417 e. The number of halogens is 4. The molecule has 0 bridgehead atoms. The van der Waals surface area contributed by atoms with Crippen molar-refractivity contribution < 1.29 is 13.2 Å². The number of nitrogens with one attached hydrogen (secondary N) is 2. The van der Waals surface area contributed by atoms with E-state index in [1.807, 2.05) is 0 Å². The summed E-state index contributed by atoms with van der Waals surface area (Å²) in [4.78, 5) is 4.24. The van der Waals surface area contributed by atoms with E-state index in [9.17, 15) is 13.2 Å². The number of rotatable bonds is 6. The third-order valence-electron chi connectivity index (χ3n) is 4.22. The standard InChI is InChI=1S/C18H19ClF3N5/c19-15-7-6-13(10-14(15)18(20,21)22)25-17-26-16(11-24-27-17)23-9-8-12-4-2-1-3-5-12/h4,6-7,10-11H,1-3,5,8-9H2,(H2,23,25,26,27). The molecular formula is C18H19ClF3N5. The average Bonchev–Trinajstić information content (AvgIpc) is 2.64. The largest absolute Gasteiger partial charge is 0.417 e. The Balaban J connectivity index is 1.63. The monoisotopic (exact) mass is 397 g/mol. The molecule has 2 aromatic rings. The lowest BCUT2D eigenvalue weighted by Crippen LogP contribution is -2.09. The van der Waals surface area contributed by atoms with Gasteiger partial charge in [0.2, 0.25) is 5.95 Å². The topological polar surface area (TPSA) is 62.7 Å². The molecule has 0 amide bonds. The molecule has 9 heteroatoms. The van der Waals surface area contributed by atoms with E-state index in [1.165, 1.54) is 36.7 Å². The molecule has 3 rings (SSSR count). The second-order valence-electron chi connectivity index (χ2n) is 6.27. The number of nitrogens with zero attached hydrogens (tertiary/aromatic N) is 3. The van der Waals surface area contributed by atoms with E-state index in [0.29, 0.717) is 12.4 Å². The Morgan fingerprint density at radius 3 is 2.78 bits per heavy atom. The van der Waals surface area contributed by atoms with Crippen LogP contribution in [0.25, 0.3) is 0 Å². The highest BCUT2D eigenvalue weighted by molar-refractivity contribution is 6.31. The normalized spacial score (nSPS) is 14.6. The number of hydrogen-bond donors (Lipinski definition) is 2. The van der Waals surface area contributed by atoms with Crippen LogP contribution in [-0.2, 0) is 6.18 Å². The minimum Gasteiger partial charge on any atom is -0.368 e. The molecule has 144 valence electrons. The van der Waals surface area contributed by atoms with Crippen molar-refractivity contribution in [3.63, 3.8) is 0 Å². The van der Waals surface area contributed by atoms with Gasteiger partial charge in [-0.3, -0.25) is 0 Å². The highest BCUT2D eigenvalue weighted by atomic mass is 35.5. The Kier molecular flexibility index (Phi) is 6.15. The van der Waals surface area contributed by atoms with Gasteiger partial charge in [0.05, 0.1) is 16.8 Å². The molecule has 1 aromatic heterocycles. The smallest absolute Gasteiger partial charge is 0.368 e. The van der Waals surface area contributed by atoms with Crippen LogP contribution in [0.15, 0.2) is 36.0 Å². The molecular weight excluding hydrogens is 379 g/mol. The molecule has 0 radical (unpaired) electrons. The molecule has 1 aliphatic carbocycles. The lowest BCUT2D eigenvalue weighted by Gasteiger charge is -2.13. The number of allylic oxidation sites excluding steroid dienone is 1. The summed E-state index contributed by atoms with van der Waals surface area (Å²) in [5.41, 5.74) is 0.699. The van der Waals surface area contributed by atoms with Gasteiger partial charge in [0, 0.05) is 12.2 Å². The van der Waals surface area contributed by atoms with Gasteiger partial charge in [-0.15, -0.1) is 5.10 Å². The first-order chi connectivity index (χ1) is 12.9. The predicted molar refractivity (Wildman–Crippen MR) is 99.2 cm³/mol. The summed E-state index contributed by atoms with van der Waals surface area (Å²) in [6, 6.07) is 3.53. The van der Waals surface area contributed by atoms with Crippen LogP contribution in [-0.4, -0.2) is 21.7 Å². The third-order valence-corrected chi connectivity index (χ3v) is 4.55. The van der Waals surface area contributed by atoms with Crippen molar-refractivity contribution in [1.29, 1.82) is 0 Å². The molecule has 0 saturated heterocycles. The Hall–Kier alpha value is -2.35. The van der Waals surface area contributed by atoms with Crippen molar-refractivity contribution in [2.45, 2.75) is 38.3 Å². The van der Waals surface area contributed by atoms with E-state index in [-0.39, 0.29) is 16.7 Å². The van der Waals surface area contributed by atoms with Crippen molar-refractivity contribution in [3.05, 3.63) is 46.6 Å². The van der Waals surface area contributed by atoms with Crippen LogP contribution in [0.2, 0.25) is 5.02 Å². The van der Waals surface area contributed by atoms with Crippen molar-refractivity contribution in [1.82, 2.24) is 15.2 Å². The zero-order valence-electron chi connectivity index (χ0n) is 14.5. The summed E-state index contributed by atoms with van der Waals surface area (Å²) >= 11 is 5.62. The fourth-order valence-electron chi connectivity index (χ4n) is 2.87. The first-order valence-electron chi connectivity index (χ1n) is 8.67. The Labute approximate surface area is 160 Å². The van der Waals surface area contributed by atoms with Gasteiger partial charge in [-0.25, -0.2) is 0 Å². The molecule has 0 atom stereocenters. The lowest BCUT2D eigenvalue weighted by atomic mass is 9.97. The van der Waals surface area contributed by atoms with E-state index in [2.05, 4.69) is 31.9 Å². The molecule has 1 heterocycles. The van der Waals surface area contributed by atoms with E-state index >= 15 is 0 Å². The van der Waals surface area contributed by atoms with Crippen molar-refractivity contribution in [2.75, 3.05) is 17.2 Å². The predicted octanol–water partition coefficient (Wildman–Crippen LogP) is 5.59. The van der Waals surface area contributed by atoms with Crippen LogP contribution in [0.4, 0.5) is 30.6 Å². The summed E-state index contributed by atoms with van der Waals surface area (Å²) in [5.74, 6) is 0.612. The highest BCUT2D eigenvalue weighted by Crippen LogP contribution is 2.36. The minimum atomic E-state index is -4.54. The molecule has 1 aromatic carbocycles. The van der Waals surface area contributed by atoms with Crippen LogP contribution in [0.3, 0.4) is 0 Å². The number of hydrogen-bond acceptors (Lipinski definition) is 5. The zero-order chi connectivity index (χ0) is 19.3. The molecule has 2 N–H and O–H groups in total. The molecule has 0 spiro atoms. The van der Waals surface area contributed by atoms with Gasteiger partial charge in [0.1, 0.15) is 0 Å². The highest BCUT2D eigenvalue weighted by Gasteiger charge is 2.33. The zero-order valence-corrected chi connectivity index (χ0v) is 15.2. The van der Waals surface area contributed by atoms with Crippen LogP contribution >= 0.6 is 11.6 Å². The molecule has 27 heavy (non-hydrogen) atoms. The van der Waals surface area contributed by atoms with Gasteiger partial charge in [0.25, 0.3) is 0 Å². The molecule has 0 saturated carbocycles. The van der Waals surface area contributed by atoms with Crippen LogP contribution in [0, 0.1) is 0 Å². The van der Waals surface area contributed by atoms with Crippen molar-refractivity contribution >= 4 is 29.1 Å². The van der Waals surface area contributed by atoms with Gasteiger partial charge >= 0.3 is 6.18 Å². The number of benzene rings is 1. The average molecular weight is 398 g/mol. The quantitative estimate of drug-likeness (QED) is 0.622. The fraction of sp³-hybridized carbons (Fsp3) is 0.389. The minimum absolute atomic E-state index is 0.104. The summed E-state index contributed by atoms with van der Waals surface area (Å²) in [7, 11) is 0. The molecule has 5 nitrogen and oxygen atoms in total. The van der Waals surface area contributed by atoms with Gasteiger partial charge in [0.15, 0.2) is 5.82 Å². The second kappa shape index (κ2) is 8.56. The van der Waals surface area contributed by atoms with Gasteiger partial charge in [-0.1, -0.05) is 23.3 Å². The fourth-order valence-corrected chi connectivity index (χ4v) is 3.10. The molecule has 0 unspecified atom stereocenters. The maximum absolute atomic E-state index is 13.0. The lowest BCUT2D eigenvalue weighted by molar-refractivity contribution is -0.137. The Bertz CT molecular complexity index is 823. The molecule has 1 aliphatic rings. The van der Waals surface area contributed by atoms with Gasteiger partial charge in [-0.2, -0.15) is 23.3 Å². The van der Waals surface area contributed by atoms with Gasteiger partial charge in [-0.05, 0) is 50.3 Å². The SMILES string of the molecule is FC(F)(F)c1cc(Nc2nncc(NCCC3=CCCCC3)n2)ccc1Cl. The van der Waals surface area contributed by atoms with Crippen LogP contribution in [0.5, 0.6) is 0 Å². The Morgan fingerprint density at radius 1 is 1.19 bits per heavy atom. The summed E-state index contributed by atoms with van der Waals surface area (Å²) in [6.07, 6.45) is 4.91. The van der Waals surface area contributed by atoms with E-state index in [4.69, 9.17) is 11.6 Å². The molecule has 0 fully saturated rings. The second-order valence-corrected chi connectivity index (χ2v) is 6.67. The maximum atomic E-state index is 13.0. The first-order valence-corrected chi connectivity index (χ1v) is 9.05. The number of aromatic nitrogens is 3. The van der Waals surface area contributed by atoms with Crippen LogP contribution in [0.1, 0.15) is 37.7 Å². The molecule has 0 aliphatic heterocycles. The number of anilines is 3. The third kappa shape index (κ3) is 5.56. The summed E-state index contributed by atoms with van der Waals surface area (Å²) in [6.45, 7) is 0.711. The number of alkyl halides is 3. The van der Waals surface area contributed by atoms with Crippen molar-refractivity contribution in [2.24, 2.45) is 0 Å². The van der Waals surface area contributed by atoms with E-state index in [0.717, 1.165) is 25.3 Å². The summed E-state index contributed by atoms with van der Waals surface area (Å²) < 4.78 is 38.9. The van der Waals surface area contributed by atoms with Gasteiger partial charge < -0.3 is 10.6 Å².